The number of nitrogens with zero attached hydrogens (tertiary/aromatic N) is 2. The van der Waals surface area contributed by atoms with Gasteiger partial charge >= 0.3 is 0 Å². The number of amides is 2. The van der Waals surface area contributed by atoms with Gasteiger partial charge in [-0.2, -0.15) is 0 Å². The first kappa shape index (κ1) is 20.5. The van der Waals surface area contributed by atoms with E-state index < -0.39 is 0 Å². The van der Waals surface area contributed by atoms with E-state index in [9.17, 15) is 9.59 Å². The summed E-state index contributed by atoms with van der Waals surface area (Å²) >= 11 is 1.32. The summed E-state index contributed by atoms with van der Waals surface area (Å²) in [7, 11) is 0. The van der Waals surface area contributed by atoms with Crippen LogP contribution < -0.4 is 16.0 Å². The van der Waals surface area contributed by atoms with Gasteiger partial charge in [-0.25, -0.2) is 9.97 Å². The summed E-state index contributed by atoms with van der Waals surface area (Å²) in [5, 5.41) is 11.0. The van der Waals surface area contributed by atoms with Crippen molar-refractivity contribution in [3.05, 3.63) is 70.9 Å². The lowest BCUT2D eigenvalue weighted by atomic mass is 10.0. The van der Waals surface area contributed by atoms with Crippen molar-refractivity contribution < 1.29 is 9.59 Å². The summed E-state index contributed by atoms with van der Waals surface area (Å²) in [6.07, 6.45) is 3.29. The van der Waals surface area contributed by atoms with E-state index in [1.807, 2.05) is 12.1 Å². The molecule has 29 heavy (non-hydrogen) atoms. The summed E-state index contributed by atoms with van der Waals surface area (Å²) < 4.78 is 0. The van der Waals surface area contributed by atoms with E-state index in [1.54, 1.807) is 42.0 Å². The predicted octanol–water partition coefficient (Wildman–Crippen LogP) is 3.76. The van der Waals surface area contributed by atoms with Crippen LogP contribution in [0.25, 0.3) is 0 Å². The van der Waals surface area contributed by atoms with E-state index in [0.717, 1.165) is 0 Å². The highest BCUT2D eigenvalue weighted by Gasteiger charge is 2.16. The molecule has 8 heteroatoms. The average molecular weight is 410 g/mol. The molecule has 2 amide bonds. The number of hydrogen-bond donors (Lipinski definition) is 3. The molecule has 1 aromatic carbocycles. The molecule has 0 aliphatic rings. The molecule has 0 spiro atoms. The smallest absolute Gasteiger partial charge is 0.256 e. The van der Waals surface area contributed by atoms with Crippen LogP contribution in [0.4, 0.5) is 10.9 Å². The lowest BCUT2D eigenvalue weighted by Crippen LogP contribution is -2.29. The Morgan fingerprint density at radius 2 is 1.72 bits per heavy atom. The van der Waals surface area contributed by atoms with Crippen molar-refractivity contribution in [2.75, 3.05) is 23.7 Å². The lowest BCUT2D eigenvalue weighted by Gasteiger charge is -2.09. The fraction of sp³-hybridized carbons (Fsp3) is 0.238. The zero-order chi connectivity index (χ0) is 20.6. The number of carbonyl (C=O) groups is 2. The summed E-state index contributed by atoms with van der Waals surface area (Å²) in [6, 6.07) is 10.9. The molecule has 0 saturated carbocycles. The minimum absolute atomic E-state index is 0.236. The number of anilines is 2. The Kier molecular flexibility index (Phi) is 6.91. The molecule has 0 aliphatic heterocycles. The maximum atomic E-state index is 12.5. The summed E-state index contributed by atoms with van der Waals surface area (Å²) in [5.41, 5.74) is 2.17. The molecule has 3 N–H and O–H groups in total. The maximum Gasteiger partial charge on any atom is 0.256 e. The molecular weight excluding hydrogens is 386 g/mol. The molecular formula is C21H23N5O2S. The first-order chi connectivity index (χ1) is 14.0. The molecule has 3 rings (SSSR count). The highest BCUT2D eigenvalue weighted by atomic mass is 32.1. The number of aromatic nitrogens is 2. The number of carbonyl (C=O) groups excluding carboxylic acids is 2. The molecule has 0 radical (unpaired) electrons. The van der Waals surface area contributed by atoms with Crippen LogP contribution in [0.2, 0.25) is 0 Å². The molecule has 2 aromatic heterocycles. The van der Waals surface area contributed by atoms with Crippen LogP contribution in [0.5, 0.6) is 0 Å². The van der Waals surface area contributed by atoms with E-state index in [0.29, 0.717) is 41.1 Å². The number of hydrogen-bond acceptors (Lipinski definition) is 6. The first-order valence-corrected chi connectivity index (χ1v) is 10.2. The SMILES string of the molecule is CC(C)c1ccc(C(=O)Nc2sccc2C(=O)NCCNc2ncccn2)cc1. The number of benzene rings is 1. The quantitative estimate of drug-likeness (QED) is 0.492. The van der Waals surface area contributed by atoms with E-state index in [4.69, 9.17) is 0 Å². The summed E-state index contributed by atoms with van der Waals surface area (Å²) in [4.78, 5) is 33.1. The van der Waals surface area contributed by atoms with Gasteiger partial charge in [-0.15, -0.1) is 11.3 Å². The third-order valence-electron chi connectivity index (χ3n) is 4.24. The fourth-order valence-electron chi connectivity index (χ4n) is 2.62. The van der Waals surface area contributed by atoms with E-state index >= 15 is 0 Å². The zero-order valence-corrected chi connectivity index (χ0v) is 17.1. The summed E-state index contributed by atoms with van der Waals surface area (Å²) in [5.74, 6) is 0.434. The molecule has 3 aromatic rings. The predicted molar refractivity (Wildman–Crippen MR) is 116 cm³/mol. The van der Waals surface area contributed by atoms with Crippen LogP contribution in [0.1, 0.15) is 46.0 Å². The molecule has 0 unspecified atom stereocenters. The number of thiophene rings is 1. The highest BCUT2D eigenvalue weighted by Crippen LogP contribution is 2.24. The van der Waals surface area contributed by atoms with Gasteiger partial charge in [0.15, 0.2) is 0 Å². The van der Waals surface area contributed by atoms with Gasteiger partial charge in [0, 0.05) is 31.0 Å². The molecule has 150 valence electrons. The van der Waals surface area contributed by atoms with Crippen molar-refractivity contribution in [1.82, 2.24) is 15.3 Å². The van der Waals surface area contributed by atoms with Crippen molar-refractivity contribution in [3.63, 3.8) is 0 Å². The van der Waals surface area contributed by atoms with Crippen LogP contribution in [-0.2, 0) is 0 Å². The van der Waals surface area contributed by atoms with Crippen molar-refractivity contribution in [2.45, 2.75) is 19.8 Å². The Labute approximate surface area is 173 Å². The Balaban J connectivity index is 1.54. The Morgan fingerprint density at radius 1 is 1.00 bits per heavy atom. The zero-order valence-electron chi connectivity index (χ0n) is 16.3. The van der Waals surface area contributed by atoms with Gasteiger partial charge in [-0.3, -0.25) is 9.59 Å². The van der Waals surface area contributed by atoms with Gasteiger partial charge in [0.1, 0.15) is 5.00 Å². The third kappa shape index (κ3) is 5.61. The normalized spacial score (nSPS) is 10.6. The van der Waals surface area contributed by atoms with Crippen molar-refractivity contribution in [2.24, 2.45) is 0 Å². The second kappa shape index (κ2) is 9.79. The molecule has 0 atom stereocenters. The van der Waals surface area contributed by atoms with Gasteiger partial charge in [0.2, 0.25) is 5.95 Å². The number of rotatable bonds is 8. The molecule has 0 bridgehead atoms. The minimum atomic E-state index is -0.243. The maximum absolute atomic E-state index is 12.5. The van der Waals surface area contributed by atoms with Crippen LogP contribution in [0.15, 0.2) is 54.2 Å². The molecule has 7 nitrogen and oxygen atoms in total. The molecule has 2 heterocycles. The van der Waals surface area contributed by atoms with E-state index in [-0.39, 0.29) is 11.8 Å². The van der Waals surface area contributed by atoms with E-state index in [2.05, 4.69) is 39.8 Å². The molecule has 0 fully saturated rings. The third-order valence-corrected chi connectivity index (χ3v) is 5.07. The Morgan fingerprint density at radius 3 is 2.41 bits per heavy atom. The standard InChI is InChI=1S/C21H23N5O2S/c1-14(2)15-4-6-16(7-5-15)18(27)26-20-17(8-13-29-20)19(28)22-11-12-25-21-23-9-3-10-24-21/h3-10,13-14H,11-12H2,1-2H3,(H,22,28)(H,26,27)(H,23,24,25). The van der Waals surface area contributed by atoms with Gasteiger partial charge < -0.3 is 16.0 Å². The monoisotopic (exact) mass is 409 g/mol. The van der Waals surface area contributed by atoms with Gasteiger partial charge in [-0.05, 0) is 41.1 Å². The topological polar surface area (TPSA) is 96.0 Å². The number of nitrogens with one attached hydrogen (secondary N) is 3. The van der Waals surface area contributed by atoms with Gasteiger partial charge in [0.05, 0.1) is 5.56 Å². The lowest BCUT2D eigenvalue weighted by molar-refractivity contribution is 0.0956. The fourth-order valence-corrected chi connectivity index (χ4v) is 3.40. The van der Waals surface area contributed by atoms with Crippen LogP contribution >= 0.6 is 11.3 Å². The van der Waals surface area contributed by atoms with Crippen molar-refractivity contribution >= 4 is 34.1 Å². The summed E-state index contributed by atoms with van der Waals surface area (Å²) in [6.45, 7) is 5.10. The van der Waals surface area contributed by atoms with Gasteiger partial charge in [0.25, 0.3) is 11.8 Å². The van der Waals surface area contributed by atoms with Crippen LogP contribution in [0.3, 0.4) is 0 Å². The van der Waals surface area contributed by atoms with Crippen molar-refractivity contribution in [3.8, 4) is 0 Å². The minimum Gasteiger partial charge on any atom is -0.352 e. The Bertz CT molecular complexity index is 955. The largest absolute Gasteiger partial charge is 0.352 e. The average Bonchev–Trinajstić information content (AvgIpc) is 3.20. The second-order valence-electron chi connectivity index (χ2n) is 6.65. The second-order valence-corrected chi connectivity index (χ2v) is 7.57. The van der Waals surface area contributed by atoms with Crippen molar-refractivity contribution in [1.29, 1.82) is 0 Å². The molecule has 0 saturated heterocycles. The van der Waals surface area contributed by atoms with Crippen LogP contribution in [0, 0.1) is 0 Å². The van der Waals surface area contributed by atoms with Gasteiger partial charge in [-0.1, -0.05) is 26.0 Å². The first-order valence-electron chi connectivity index (χ1n) is 9.32. The van der Waals surface area contributed by atoms with E-state index in [1.165, 1.54) is 16.9 Å². The van der Waals surface area contributed by atoms with Crippen LogP contribution in [-0.4, -0.2) is 34.9 Å². The highest BCUT2D eigenvalue weighted by molar-refractivity contribution is 7.14. The molecule has 0 aliphatic carbocycles. The Hall–Kier alpha value is -3.26.